The standard InChI is InChI=1S/C18H25N3O4.C2H4O2/c1-24-14-3-2-13(12-15(14)25-11-8-19)17(23)21-9-6-18(7-10-21)5-4-16(22)20-18;1-2(3)4/h2-3,12H,4-11,19H2,1H3,(H,20,22);1H3,(H,3,4). The predicted octanol–water partition coefficient (Wildman–Crippen LogP) is 1.01. The Hall–Kier alpha value is -2.81. The number of carbonyl (C=O) groups is 3. The van der Waals surface area contributed by atoms with E-state index in [4.69, 9.17) is 25.1 Å². The molecular weight excluding hydrogens is 378 g/mol. The molecule has 0 atom stereocenters. The molecule has 160 valence electrons. The van der Waals surface area contributed by atoms with Crippen LogP contribution in [0.1, 0.15) is 43.0 Å². The molecule has 2 saturated heterocycles. The van der Waals surface area contributed by atoms with Crippen LogP contribution in [-0.4, -0.2) is 66.7 Å². The first-order valence-corrected chi connectivity index (χ1v) is 9.61. The Kier molecular flexibility index (Phi) is 7.83. The Labute approximate surface area is 170 Å². The minimum atomic E-state index is -0.833. The van der Waals surface area contributed by atoms with Gasteiger partial charge < -0.3 is 30.5 Å². The van der Waals surface area contributed by atoms with E-state index in [9.17, 15) is 9.59 Å². The first kappa shape index (κ1) is 22.5. The van der Waals surface area contributed by atoms with Gasteiger partial charge in [0.05, 0.1) is 7.11 Å². The number of carboxylic acid groups (broad SMARTS) is 1. The summed E-state index contributed by atoms with van der Waals surface area (Å²) in [5.41, 5.74) is 5.94. The third-order valence-corrected chi connectivity index (χ3v) is 5.03. The van der Waals surface area contributed by atoms with E-state index in [1.807, 2.05) is 4.90 Å². The highest BCUT2D eigenvalue weighted by Crippen LogP contribution is 2.33. The lowest BCUT2D eigenvalue weighted by atomic mass is 9.86. The lowest BCUT2D eigenvalue weighted by molar-refractivity contribution is -0.134. The molecule has 0 aromatic heterocycles. The molecule has 0 radical (unpaired) electrons. The fourth-order valence-electron chi connectivity index (χ4n) is 3.56. The summed E-state index contributed by atoms with van der Waals surface area (Å²) >= 11 is 0. The lowest BCUT2D eigenvalue weighted by Gasteiger charge is -2.39. The summed E-state index contributed by atoms with van der Waals surface area (Å²) in [6.45, 7) is 3.12. The van der Waals surface area contributed by atoms with Gasteiger partial charge >= 0.3 is 0 Å². The van der Waals surface area contributed by atoms with E-state index in [0.717, 1.165) is 26.2 Å². The normalized spacial score (nSPS) is 17.2. The van der Waals surface area contributed by atoms with Crippen molar-refractivity contribution in [2.24, 2.45) is 5.73 Å². The van der Waals surface area contributed by atoms with E-state index in [1.54, 1.807) is 25.3 Å². The third-order valence-electron chi connectivity index (χ3n) is 5.03. The maximum atomic E-state index is 12.8. The monoisotopic (exact) mass is 407 g/mol. The molecule has 1 aromatic rings. The zero-order chi connectivity index (χ0) is 21.4. The number of ether oxygens (including phenoxy) is 2. The van der Waals surface area contributed by atoms with Crippen molar-refractivity contribution in [3.8, 4) is 11.5 Å². The van der Waals surface area contributed by atoms with Crippen LogP contribution < -0.4 is 20.5 Å². The van der Waals surface area contributed by atoms with Crippen molar-refractivity contribution in [2.45, 2.75) is 38.1 Å². The van der Waals surface area contributed by atoms with Gasteiger partial charge in [0.15, 0.2) is 11.5 Å². The molecule has 9 nitrogen and oxygen atoms in total. The van der Waals surface area contributed by atoms with Crippen LogP contribution in [0.2, 0.25) is 0 Å². The van der Waals surface area contributed by atoms with Gasteiger partial charge in [0.25, 0.3) is 11.9 Å². The molecule has 0 aliphatic carbocycles. The Morgan fingerprint density at radius 3 is 2.41 bits per heavy atom. The average molecular weight is 407 g/mol. The molecule has 2 heterocycles. The van der Waals surface area contributed by atoms with Gasteiger partial charge in [0, 0.05) is 44.1 Å². The highest BCUT2D eigenvalue weighted by atomic mass is 16.5. The number of hydrogen-bond donors (Lipinski definition) is 3. The molecule has 2 aliphatic heterocycles. The lowest BCUT2D eigenvalue weighted by Crippen LogP contribution is -2.52. The highest BCUT2D eigenvalue weighted by molar-refractivity contribution is 5.95. The van der Waals surface area contributed by atoms with Crippen molar-refractivity contribution in [1.82, 2.24) is 10.2 Å². The molecule has 2 fully saturated rings. The van der Waals surface area contributed by atoms with Crippen molar-refractivity contribution in [3.05, 3.63) is 23.8 Å². The number of carboxylic acids is 1. The Bertz CT molecular complexity index is 740. The van der Waals surface area contributed by atoms with Gasteiger partial charge in [-0.25, -0.2) is 0 Å². The molecule has 0 saturated carbocycles. The zero-order valence-electron chi connectivity index (χ0n) is 16.9. The van der Waals surface area contributed by atoms with Crippen LogP contribution in [0.15, 0.2) is 18.2 Å². The fourth-order valence-corrected chi connectivity index (χ4v) is 3.56. The summed E-state index contributed by atoms with van der Waals surface area (Å²) in [5, 5.41) is 10.5. The number of benzene rings is 1. The number of carbonyl (C=O) groups excluding carboxylic acids is 2. The topological polar surface area (TPSA) is 131 Å². The summed E-state index contributed by atoms with van der Waals surface area (Å²) in [6.07, 6.45) is 3.07. The van der Waals surface area contributed by atoms with E-state index >= 15 is 0 Å². The maximum absolute atomic E-state index is 12.8. The van der Waals surface area contributed by atoms with Gasteiger partial charge in [-0.3, -0.25) is 14.4 Å². The molecule has 3 rings (SSSR count). The first-order valence-electron chi connectivity index (χ1n) is 9.61. The Morgan fingerprint density at radius 2 is 1.90 bits per heavy atom. The van der Waals surface area contributed by atoms with E-state index in [2.05, 4.69) is 5.32 Å². The van der Waals surface area contributed by atoms with Crippen molar-refractivity contribution < 1.29 is 29.0 Å². The summed E-state index contributed by atoms with van der Waals surface area (Å²) in [6, 6.07) is 5.19. The molecule has 0 bridgehead atoms. The minimum Gasteiger partial charge on any atom is -0.493 e. The van der Waals surface area contributed by atoms with Crippen LogP contribution >= 0.6 is 0 Å². The number of nitrogens with one attached hydrogen (secondary N) is 1. The number of nitrogens with zero attached hydrogens (tertiary/aromatic N) is 1. The molecule has 4 N–H and O–H groups in total. The quantitative estimate of drug-likeness (QED) is 0.664. The maximum Gasteiger partial charge on any atom is 0.300 e. The average Bonchev–Trinajstić information content (AvgIpc) is 3.05. The number of piperidine rings is 1. The number of nitrogens with two attached hydrogens (primary N) is 1. The summed E-state index contributed by atoms with van der Waals surface area (Å²) in [5.74, 6) is 0.364. The molecule has 1 aromatic carbocycles. The smallest absolute Gasteiger partial charge is 0.300 e. The molecule has 1 spiro atoms. The molecule has 9 heteroatoms. The third kappa shape index (κ3) is 6.08. The van der Waals surface area contributed by atoms with Gasteiger partial charge in [-0.1, -0.05) is 0 Å². The second-order valence-electron chi connectivity index (χ2n) is 7.14. The van der Waals surface area contributed by atoms with Crippen LogP contribution in [0.5, 0.6) is 11.5 Å². The van der Waals surface area contributed by atoms with E-state index < -0.39 is 5.97 Å². The SMILES string of the molecule is CC(=O)O.COc1ccc(C(=O)N2CCC3(CCC(=O)N3)CC2)cc1OCCN. The van der Waals surface area contributed by atoms with Crippen molar-refractivity contribution in [3.63, 3.8) is 0 Å². The van der Waals surface area contributed by atoms with Crippen LogP contribution in [0.25, 0.3) is 0 Å². The number of likely N-dealkylation sites (tertiary alicyclic amines) is 1. The summed E-state index contributed by atoms with van der Waals surface area (Å²) in [4.78, 5) is 35.2. The first-order chi connectivity index (χ1) is 13.8. The molecule has 2 amide bonds. The number of hydrogen-bond acceptors (Lipinski definition) is 6. The Balaban J connectivity index is 0.000000687. The molecule has 2 aliphatic rings. The van der Waals surface area contributed by atoms with Gasteiger partial charge in [0.2, 0.25) is 5.91 Å². The Morgan fingerprint density at radius 1 is 1.24 bits per heavy atom. The van der Waals surface area contributed by atoms with Crippen molar-refractivity contribution in [1.29, 1.82) is 0 Å². The van der Waals surface area contributed by atoms with Gasteiger partial charge in [-0.2, -0.15) is 0 Å². The van der Waals surface area contributed by atoms with E-state index in [0.29, 0.717) is 49.7 Å². The summed E-state index contributed by atoms with van der Waals surface area (Å²) in [7, 11) is 1.56. The van der Waals surface area contributed by atoms with Crippen molar-refractivity contribution >= 4 is 17.8 Å². The molecule has 29 heavy (non-hydrogen) atoms. The molecule has 0 unspecified atom stereocenters. The molecular formula is C20H29N3O6. The van der Waals surface area contributed by atoms with Gasteiger partial charge in [0.1, 0.15) is 6.61 Å². The minimum absolute atomic E-state index is 0.0283. The fraction of sp³-hybridized carbons (Fsp3) is 0.550. The number of rotatable bonds is 5. The highest BCUT2D eigenvalue weighted by Gasteiger charge is 2.41. The number of amides is 2. The van der Waals surface area contributed by atoms with Crippen LogP contribution in [0, 0.1) is 0 Å². The second kappa shape index (κ2) is 10.1. The van der Waals surface area contributed by atoms with E-state index in [1.165, 1.54) is 0 Å². The number of methoxy groups -OCH3 is 1. The van der Waals surface area contributed by atoms with Gasteiger partial charge in [-0.05, 0) is 37.5 Å². The van der Waals surface area contributed by atoms with Crippen LogP contribution in [0.4, 0.5) is 0 Å². The zero-order valence-corrected chi connectivity index (χ0v) is 16.9. The largest absolute Gasteiger partial charge is 0.493 e. The van der Waals surface area contributed by atoms with E-state index in [-0.39, 0.29) is 17.4 Å². The van der Waals surface area contributed by atoms with Gasteiger partial charge in [-0.15, -0.1) is 0 Å². The second-order valence-corrected chi connectivity index (χ2v) is 7.14. The van der Waals surface area contributed by atoms with Crippen LogP contribution in [-0.2, 0) is 9.59 Å². The predicted molar refractivity (Wildman–Crippen MR) is 106 cm³/mol. The summed E-state index contributed by atoms with van der Waals surface area (Å²) < 4.78 is 10.8. The number of aliphatic carboxylic acids is 1. The van der Waals surface area contributed by atoms with Crippen molar-refractivity contribution in [2.75, 3.05) is 33.4 Å². The van der Waals surface area contributed by atoms with Crippen LogP contribution in [0.3, 0.4) is 0 Å².